The third kappa shape index (κ3) is 6.01. The van der Waals surface area contributed by atoms with Gasteiger partial charge in [-0.15, -0.1) is 0 Å². The molecule has 7 nitrogen and oxygen atoms in total. The van der Waals surface area contributed by atoms with Gasteiger partial charge < -0.3 is 20.9 Å². The number of nitrogens with zero attached hydrogens (tertiary/aromatic N) is 1. The van der Waals surface area contributed by atoms with E-state index >= 15 is 0 Å². The zero-order valence-electron chi connectivity index (χ0n) is 13.3. The standard InChI is InChI=1S/C14H26N4O3/c1-14(2,3)17-13(21)18-7-5-10(6-8-18)9-16-12(20)11(19)15-4/h10H,5-9H2,1-4H3,(H,15,19)(H,16,20)(H,17,21). The Morgan fingerprint density at radius 1 is 1.10 bits per heavy atom. The highest BCUT2D eigenvalue weighted by Crippen LogP contribution is 2.17. The molecule has 4 amide bonds. The number of nitrogens with one attached hydrogen (secondary N) is 3. The maximum Gasteiger partial charge on any atom is 0.317 e. The van der Waals surface area contributed by atoms with Gasteiger partial charge in [-0.1, -0.05) is 0 Å². The van der Waals surface area contributed by atoms with E-state index in [-0.39, 0.29) is 11.6 Å². The van der Waals surface area contributed by atoms with Crippen molar-refractivity contribution in [3.63, 3.8) is 0 Å². The lowest BCUT2D eigenvalue weighted by Gasteiger charge is -2.34. The van der Waals surface area contributed by atoms with Crippen LogP contribution >= 0.6 is 0 Å². The average Bonchev–Trinajstić information content (AvgIpc) is 2.42. The summed E-state index contributed by atoms with van der Waals surface area (Å²) in [5.41, 5.74) is -0.241. The lowest BCUT2D eigenvalue weighted by Crippen LogP contribution is -2.51. The van der Waals surface area contributed by atoms with Gasteiger partial charge in [-0.05, 0) is 39.5 Å². The Morgan fingerprint density at radius 3 is 2.14 bits per heavy atom. The van der Waals surface area contributed by atoms with Gasteiger partial charge >= 0.3 is 17.8 Å². The predicted molar refractivity (Wildman–Crippen MR) is 79.7 cm³/mol. The molecule has 1 aliphatic heterocycles. The number of carbonyl (C=O) groups excluding carboxylic acids is 3. The molecule has 7 heteroatoms. The molecule has 0 aromatic rings. The largest absolute Gasteiger partial charge is 0.351 e. The van der Waals surface area contributed by atoms with E-state index in [0.717, 1.165) is 12.8 Å². The van der Waals surface area contributed by atoms with E-state index in [1.165, 1.54) is 7.05 Å². The van der Waals surface area contributed by atoms with Gasteiger partial charge in [-0.3, -0.25) is 9.59 Å². The Kier molecular flexibility index (Phi) is 5.99. The Bertz CT molecular complexity index is 396. The maximum atomic E-state index is 12.0. The number of carbonyl (C=O) groups is 3. The molecule has 0 bridgehead atoms. The number of hydrogen-bond donors (Lipinski definition) is 3. The molecule has 0 aliphatic carbocycles. The molecule has 1 rings (SSSR count). The number of amides is 4. The molecule has 1 saturated heterocycles. The van der Waals surface area contributed by atoms with Crippen molar-refractivity contribution in [3.05, 3.63) is 0 Å². The second-order valence-corrected chi connectivity index (χ2v) is 6.40. The quantitative estimate of drug-likeness (QED) is 0.630. The van der Waals surface area contributed by atoms with Crippen molar-refractivity contribution in [1.29, 1.82) is 0 Å². The van der Waals surface area contributed by atoms with Gasteiger partial charge in [0.2, 0.25) is 0 Å². The summed E-state index contributed by atoms with van der Waals surface area (Å²) in [6.07, 6.45) is 1.65. The molecule has 0 aromatic heterocycles. The van der Waals surface area contributed by atoms with Crippen LogP contribution in [0.2, 0.25) is 0 Å². The molecule has 1 heterocycles. The molecular weight excluding hydrogens is 272 g/mol. The number of rotatable bonds is 2. The summed E-state index contributed by atoms with van der Waals surface area (Å²) in [5.74, 6) is -0.931. The van der Waals surface area contributed by atoms with Crippen LogP contribution in [0.15, 0.2) is 0 Å². The summed E-state index contributed by atoms with van der Waals surface area (Å²) < 4.78 is 0. The minimum absolute atomic E-state index is 0.0460. The summed E-state index contributed by atoms with van der Waals surface area (Å²) in [5, 5.41) is 7.84. The topological polar surface area (TPSA) is 90.5 Å². The molecule has 1 fully saturated rings. The highest BCUT2D eigenvalue weighted by Gasteiger charge is 2.25. The van der Waals surface area contributed by atoms with Gasteiger partial charge in [0.05, 0.1) is 0 Å². The number of likely N-dealkylation sites (N-methyl/N-ethyl adjacent to an activating group) is 1. The van der Waals surface area contributed by atoms with E-state index < -0.39 is 11.8 Å². The van der Waals surface area contributed by atoms with Crippen molar-refractivity contribution in [2.24, 2.45) is 5.92 Å². The number of urea groups is 1. The van der Waals surface area contributed by atoms with Crippen LogP contribution in [0.4, 0.5) is 4.79 Å². The Hall–Kier alpha value is -1.79. The maximum absolute atomic E-state index is 12.0. The molecule has 0 atom stereocenters. The zero-order chi connectivity index (χ0) is 16.0. The van der Waals surface area contributed by atoms with Crippen molar-refractivity contribution < 1.29 is 14.4 Å². The third-order valence-electron chi connectivity index (χ3n) is 3.37. The van der Waals surface area contributed by atoms with Crippen LogP contribution in [0.5, 0.6) is 0 Å². The monoisotopic (exact) mass is 298 g/mol. The molecule has 1 aliphatic rings. The Balaban J connectivity index is 2.31. The van der Waals surface area contributed by atoms with Crippen molar-refractivity contribution >= 4 is 17.8 Å². The van der Waals surface area contributed by atoms with Crippen LogP contribution in [0.3, 0.4) is 0 Å². The first-order valence-electron chi connectivity index (χ1n) is 7.30. The van der Waals surface area contributed by atoms with E-state index in [0.29, 0.717) is 25.6 Å². The summed E-state index contributed by atoms with van der Waals surface area (Å²) in [6.45, 7) is 7.66. The van der Waals surface area contributed by atoms with Gasteiger partial charge in [-0.25, -0.2) is 4.79 Å². The lowest BCUT2D eigenvalue weighted by atomic mass is 9.97. The summed E-state index contributed by atoms with van der Waals surface area (Å²) in [4.78, 5) is 36.2. The summed E-state index contributed by atoms with van der Waals surface area (Å²) in [7, 11) is 1.42. The highest BCUT2D eigenvalue weighted by atomic mass is 16.2. The first kappa shape index (κ1) is 17.3. The van der Waals surface area contributed by atoms with Gasteiger partial charge in [0.1, 0.15) is 0 Å². The van der Waals surface area contributed by atoms with E-state index in [1.807, 2.05) is 20.8 Å². The normalized spacial score (nSPS) is 16.3. The first-order chi connectivity index (χ1) is 9.73. The van der Waals surface area contributed by atoms with Crippen LogP contribution in [-0.4, -0.2) is 55.0 Å². The smallest absolute Gasteiger partial charge is 0.317 e. The van der Waals surface area contributed by atoms with Gasteiger partial charge in [0, 0.05) is 32.2 Å². The van der Waals surface area contributed by atoms with Crippen molar-refractivity contribution in [1.82, 2.24) is 20.9 Å². The highest BCUT2D eigenvalue weighted by molar-refractivity contribution is 6.34. The summed E-state index contributed by atoms with van der Waals surface area (Å²) in [6, 6.07) is -0.0460. The predicted octanol–water partition coefficient (Wildman–Crippen LogP) is 0.0687. The van der Waals surface area contributed by atoms with Gasteiger partial charge in [-0.2, -0.15) is 0 Å². The first-order valence-corrected chi connectivity index (χ1v) is 7.30. The molecule has 0 aromatic carbocycles. The molecule has 21 heavy (non-hydrogen) atoms. The third-order valence-corrected chi connectivity index (χ3v) is 3.37. The second-order valence-electron chi connectivity index (χ2n) is 6.40. The molecule has 0 radical (unpaired) electrons. The van der Waals surface area contributed by atoms with Crippen LogP contribution in [-0.2, 0) is 9.59 Å². The Labute approximate surface area is 125 Å². The average molecular weight is 298 g/mol. The van der Waals surface area contributed by atoms with E-state index in [1.54, 1.807) is 4.90 Å². The van der Waals surface area contributed by atoms with E-state index in [2.05, 4.69) is 16.0 Å². The fourth-order valence-electron chi connectivity index (χ4n) is 2.17. The summed E-state index contributed by atoms with van der Waals surface area (Å²) >= 11 is 0. The number of likely N-dealkylation sites (tertiary alicyclic amines) is 1. The van der Waals surface area contributed by atoms with Gasteiger partial charge in [0.25, 0.3) is 0 Å². The molecule has 120 valence electrons. The van der Waals surface area contributed by atoms with E-state index in [9.17, 15) is 14.4 Å². The lowest BCUT2D eigenvalue weighted by molar-refractivity contribution is -0.139. The van der Waals surface area contributed by atoms with Crippen molar-refractivity contribution in [2.75, 3.05) is 26.7 Å². The minimum Gasteiger partial charge on any atom is -0.351 e. The van der Waals surface area contributed by atoms with Gasteiger partial charge in [0.15, 0.2) is 0 Å². The van der Waals surface area contributed by atoms with Crippen molar-refractivity contribution in [3.8, 4) is 0 Å². The Morgan fingerprint density at radius 2 is 1.67 bits per heavy atom. The van der Waals surface area contributed by atoms with E-state index in [4.69, 9.17) is 0 Å². The fourth-order valence-corrected chi connectivity index (χ4v) is 2.17. The molecular formula is C14H26N4O3. The SMILES string of the molecule is CNC(=O)C(=O)NCC1CCN(C(=O)NC(C)(C)C)CC1. The van der Waals surface area contributed by atoms with Crippen LogP contribution in [0.25, 0.3) is 0 Å². The van der Waals surface area contributed by atoms with Crippen LogP contribution in [0, 0.1) is 5.92 Å². The molecule has 3 N–H and O–H groups in total. The van der Waals surface area contributed by atoms with Crippen molar-refractivity contribution in [2.45, 2.75) is 39.2 Å². The number of hydrogen-bond acceptors (Lipinski definition) is 3. The molecule has 0 spiro atoms. The fraction of sp³-hybridized carbons (Fsp3) is 0.786. The number of piperidine rings is 1. The second kappa shape index (κ2) is 7.28. The molecule has 0 unspecified atom stereocenters. The minimum atomic E-state index is -0.628. The van der Waals surface area contributed by atoms with Crippen LogP contribution in [0.1, 0.15) is 33.6 Å². The molecule has 0 saturated carbocycles. The van der Waals surface area contributed by atoms with Crippen LogP contribution < -0.4 is 16.0 Å². The zero-order valence-corrected chi connectivity index (χ0v) is 13.3.